The highest BCUT2D eigenvalue weighted by Crippen LogP contribution is 2.30. The molecule has 2 rings (SSSR count). The number of hydrogen-bond acceptors (Lipinski definition) is 6. The number of aromatic nitrogens is 2. The van der Waals surface area contributed by atoms with Crippen molar-refractivity contribution in [3.8, 4) is 6.07 Å². The third-order valence-corrected chi connectivity index (χ3v) is 5.40. The average Bonchev–Trinajstić information content (AvgIpc) is 3.03. The molecule has 7 nitrogen and oxygen atoms in total. The van der Waals surface area contributed by atoms with Crippen molar-refractivity contribution >= 4 is 45.1 Å². The number of benzene rings is 1. The van der Waals surface area contributed by atoms with Crippen LogP contribution in [0.15, 0.2) is 34.2 Å². The molecule has 0 amide bonds. The number of halogens is 2. The van der Waals surface area contributed by atoms with Gasteiger partial charge in [0.15, 0.2) is 5.69 Å². The molecule has 0 fully saturated rings. The quantitative estimate of drug-likeness (QED) is 0.609. The SMILES string of the molecule is CCOC(=O)c1[nH]ncc1C=C(C#N)S(=O)(=O)c1cc(Cl)ccc1Cl. The van der Waals surface area contributed by atoms with Crippen LogP contribution < -0.4 is 0 Å². The molecule has 0 unspecified atom stereocenters. The second-order valence-electron chi connectivity index (χ2n) is 4.62. The molecule has 0 spiro atoms. The van der Waals surface area contributed by atoms with Crippen molar-refractivity contribution in [2.45, 2.75) is 11.8 Å². The molecular formula is C15H11Cl2N3O4S. The Morgan fingerprint density at radius 3 is 2.80 bits per heavy atom. The first-order chi connectivity index (χ1) is 11.8. The minimum Gasteiger partial charge on any atom is -0.461 e. The summed E-state index contributed by atoms with van der Waals surface area (Å²) in [6, 6.07) is 5.48. The molecule has 2 aromatic rings. The molecule has 0 aliphatic rings. The van der Waals surface area contributed by atoms with Gasteiger partial charge in [0.05, 0.1) is 22.7 Å². The molecule has 1 heterocycles. The Morgan fingerprint density at radius 2 is 2.16 bits per heavy atom. The topological polar surface area (TPSA) is 113 Å². The zero-order valence-electron chi connectivity index (χ0n) is 12.8. The Bertz CT molecular complexity index is 990. The summed E-state index contributed by atoms with van der Waals surface area (Å²) in [6.07, 6.45) is 2.22. The first-order valence-electron chi connectivity index (χ1n) is 6.83. The van der Waals surface area contributed by atoms with E-state index in [1.54, 1.807) is 13.0 Å². The lowest BCUT2D eigenvalue weighted by molar-refractivity contribution is 0.0519. The number of hydrogen-bond donors (Lipinski definition) is 1. The highest BCUT2D eigenvalue weighted by Gasteiger charge is 2.25. The fraction of sp³-hybridized carbons (Fsp3) is 0.133. The Balaban J connectivity index is 2.55. The largest absolute Gasteiger partial charge is 0.461 e. The summed E-state index contributed by atoms with van der Waals surface area (Å²) < 4.78 is 30.2. The second-order valence-corrected chi connectivity index (χ2v) is 7.35. The van der Waals surface area contributed by atoms with Gasteiger partial charge in [-0.25, -0.2) is 13.2 Å². The minimum atomic E-state index is -4.25. The van der Waals surface area contributed by atoms with Crippen LogP contribution in [0.2, 0.25) is 10.0 Å². The smallest absolute Gasteiger partial charge is 0.356 e. The number of sulfone groups is 1. The number of allylic oxidation sites excluding steroid dienone is 1. The van der Waals surface area contributed by atoms with Crippen LogP contribution in [-0.4, -0.2) is 31.2 Å². The predicted octanol–water partition coefficient (Wildman–Crippen LogP) is 3.23. The summed E-state index contributed by atoms with van der Waals surface area (Å²) in [5, 5.41) is 15.5. The number of ether oxygens (including phenoxy) is 1. The van der Waals surface area contributed by atoms with E-state index in [1.165, 1.54) is 18.3 Å². The van der Waals surface area contributed by atoms with Crippen LogP contribution in [0.1, 0.15) is 23.0 Å². The van der Waals surface area contributed by atoms with E-state index in [0.717, 1.165) is 12.1 Å². The van der Waals surface area contributed by atoms with Gasteiger partial charge in [-0.2, -0.15) is 10.4 Å². The molecule has 0 radical (unpaired) electrons. The summed E-state index contributed by atoms with van der Waals surface area (Å²) >= 11 is 11.7. The van der Waals surface area contributed by atoms with Crippen LogP contribution in [0.5, 0.6) is 0 Å². The fourth-order valence-corrected chi connectivity index (χ4v) is 3.79. The summed E-state index contributed by atoms with van der Waals surface area (Å²) in [6.45, 7) is 1.75. The normalized spacial score (nSPS) is 11.8. The Kier molecular flexibility index (Phi) is 5.85. The third kappa shape index (κ3) is 4.02. The number of nitrogens with zero attached hydrogens (tertiary/aromatic N) is 2. The monoisotopic (exact) mass is 399 g/mol. The Labute approximate surface area is 153 Å². The molecule has 1 aromatic heterocycles. The van der Waals surface area contributed by atoms with Gasteiger partial charge in [-0.3, -0.25) is 5.10 Å². The first-order valence-corrected chi connectivity index (χ1v) is 9.07. The van der Waals surface area contributed by atoms with Crippen molar-refractivity contribution in [2.75, 3.05) is 6.61 Å². The van der Waals surface area contributed by atoms with Gasteiger partial charge >= 0.3 is 5.97 Å². The number of esters is 1. The van der Waals surface area contributed by atoms with Crippen molar-refractivity contribution in [1.29, 1.82) is 5.26 Å². The van der Waals surface area contributed by atoms with Crippen LogP contribution in [0.4, 0.5) is 0 Å². The summed E-state index contributed by atoms with van der Waals surface area (Å²) in [5.41, 5.74) is 0.0266. The molecule has 0 bridgehead atoms. The van der Waals surface area contributed by atoms with E-state index < -0.39 is 20.7 Å². The van der Waals surface area contributed by atoms with E-state index in [4.69, 9.17) is 27.9 Å². The van der Waals surface area contributed by atoms with Gasteiger partial charge in [0.1, 0.15) is 11.0 Å². The van der Waals surface area contributed by atoms with Gasteiger partial charge in [-0.15, -0.1) is 0 Å². The summed E-state index contributed by atoms with van der Waals surface area (Å²) in [7, 11) is -4.25. The maximum atomic E-state index is 12.7. The van der Waals surface area contributed by atoms with Crippen molar-refractivity contribution in [1.82, 2.24) is 10.2 Å². The lowest BCUT2D eigenvalue weighted by atomic mass is 10.2. The number of carbonyl (C=O) groups excluding carboxylic acids is 1. The maximum Gasteiger partial charge on any atom is 0.356 e. The number of rotatable bonds is 5. The van der Waals surface area contributed by atoms with E-state index in [9.17, 15) is 18.5 Å². The van der Waals surface area contributed by atoms with Gasteiger partial charge in [0.2, 0.25) is 9.84 Å². The van der Waals surface area contributed by atoms with Crippen LogP contribution >= 0.6 is 23.2 Å². The molecular weight excluding hydrogens is 389 g/mol. The van der Waals surface area contributed by atoms with Crippen LogP contribution in [0.3, 0.4) is 0 Å². The van der Waals surface area contributed by atoms with Gasteiger partial charge in [-0.05, 0) is 31.2 Å². The zero-order valence-corrected chi connectivity index (χ0v) is 15.1. The zero-order chi connectivity index (χ0) is 18.6. The van der Waals surface area contributed by atoms with Gasteiger partial charge in [0.25, 0.3) is 0 Å². The molecule has 0 saturated heterocycles. The lowest BCUT2D eigenvalue weighted by Crippen LogP contribution is -2.08. The number of nitriles is 1. The molecule has 1 aromatic carbocycles. The second kappa shape index (κ2) is 7.70. The van der Waals surface area contributed by atoms with Gasteiger partial charge in [0, 0.05) is 10.6 Å². The number of H-pyrrole nitrogens is 1. The van der Waals surface area contributed by atoms with E-state index in [1.807, 2.05) is 0 Å². The summed E-state index contributed by atoms with van der Waals surface area (Å²) in [5.74, 6) is -0.721. The molecule has 0 aliphatic carbocycles. The van der Waals surface area contributed by atoms with Crippen molar-refractivity contribution in [3.63, 3.8) is 0 Å². The number of aromatic amines is 1. The molecule has 0 atom stereocenters. The molecule has 0 aliphatic heterocycles. The van der Waals surface area contributed by atoms with Gasteiger partial charge < -0.3 is 4.74 Å². The molecule has 10 heteroatoms. The highest BCUT2D eigenvalue weighted by atomic mass is 35.5. The Hall–Kier alpha value is -2.34. The molecule has 1 N–H and O–H groups in total. The molecule has 0 saturated carbocycles. The summed E-state index contributed by atoms with van der Waals surface area (Å²) in [4.78, 5) is 10.9. The van der Waals surface area contributed by atoms with Crippen molar-refractivity contribution in [2.24, 2.45) is 0 Å². The number of nitrogens with one attached hydrogen (secondary N) is 1. The van der Waals surface area contributed by atoms with Crippen molar-refractivity contribution < 1.29 is 17.9 Å². The standard InChI is InChI=1S/C15H11Cl2N3O4S/c1-2-24-15(21)14-9(8-19-20-14)5-11(7-18)25(22,23)13-6-10(16)3-4-12(13)17/h3-6,8H,2H2,1H3,(H,19,20). The highest BCUT2D eigenvalue weighted by molar-refractivity contribution is 7.95. The van der Waals surface area contributed by atoms with Crippen LogP contribution in [-0.2, 0) is 14.6 Å². The fourth-order valence-electron chi connectivity index (χ4n) is 1.88. The van der Waals surface area contributed by atoms with Crippen LogP contribution in [0.25, 0.3) is 6.08 Å². The van der Waals surface area contributed by atoms with Gasteiger partial charge in [-0.1, -0.05) is 23.2 Å². The van der Waals surface area contributed by atoms with Crippen LogP contribution in [0, 0.1) is 11.3 Å². The van der Waals surface area contributed by atoms with E-state index in [2.05, 4.69) is 10.2 Å². The molecule has 130 valence electrons. The maximum absolute atomic E-state index is 12.7. The predicted molar refractivity (Wildman–Crippen MR) is 91.8 cm³/mol. The van der Waals surface area contributed by atoms with E-state index >= 15 is 0 Å². The lowest BCUT2D eigenvalue weighted by Gasteiger charge is -2.06. The van der Waals surface area contributed by atoms with Crippen molar-refractivity contribution in [3.05, 3.63) is 50.6 Å². The van der Waals surface area contributed by atoms with E-state index in [-0.39, 0.29) is 32.8 Å². The average molecular weight is 400 g/mol. The Morgan fingerprint density at radius 1 is 1.44 bits per heavy atom. The van der Waals surface area contributed by atoms with E-state index in [0.29, 0.717) is 0 Å². The minimum absolute atomic E-state index is 0.0676. The molecule has 25 heavy (non-hydrogen) atoms. The number of carbonyl (C=O) groups is 1. The first kappa shape index (κ1) is 19.0. The third-order valence-electron chi connectivity index (χ3n) is 3.02.